The molecule has 0 aliphatic rings. The summed E-state index contributed by atoms with van der Waals surface area (Å²) < 4.78 is 26.6. The van der Waals surface area contributed by atoms with Gasteiger partial charge in [-0.25, -0.2) is 4.39 Å². The standard InChI is InChI=1S/C26H25FN2O3/c1-29-24-10-9-20(16-21(24)17-28-29)22-15-18(8-12-26(30)31-2)7-11-25(22)32-14-13-19-5-3-4-6-23(19)27/h3-7,9-11,15-17H,8,12-14H2,1-2H3. The highest BCUT2D eigenvalue weighted by Crippen LogP contribution is 2.33. The van der Waals surface area contributed by atoms with Crippen molar-refractivity contribution in [3.05, 3.63) is 83.8 Å². The molecule has 4 aromatic rings. The fourth-order valence-corrected chi connectivity index (χ4v) is 3.74. The number of nitrogens with zero attached hydrogens (tertiary/aromatic N) is 2. The van der Waals surface area contributed by atoms with Gasteiger partial charge >= 0.3 is 5.97 Å². The number of aryl methyl sites for hydroxylation is 2. The first-order valence-corrected chi connectivity index (χ1v) is 10.5. The van der Waals surface area contributed by atoms with Gasteiger partial charge in [0, 0.05) is 30.8 Å². The Morgan fingerprint density at radius 3 is 2.72 bits per heavy atom. The third-order valence-electron chi connectivity index (χ3n) is 5.53. The van der Waals surface area contributed by atoms with E-state index in [0.29, 0.717) is 37.2 Å². The van der Waals surface area contributed by atoms with Crippen LogP contribution in [0.25, 0.3) is 22.0 Å². The Morgan fingerprint density at radius 1 is 1.06 bits per heavy atom. The number of halogens is 1. The molecule has 0 amide bonds. The lowest BCUT2D eigenvalue weighted by Crippen LogP contribution is -2.05. The summed E-state index contributed by atoms with van der Waals surface area (Å²) in [5.74, 6) is 0.247. The molecule has 0 saturated heterocycles. The fourth-order valence-electron chi connectivity index (χ4n) is 3.74. The van der Waals surface area contributed by atoms with E-state index in [0.717, 1.165) is 27.6 Å². The van der Waals surface area contributed by atoms with Crippen LogP contribution in [-0.4, -0.2) is 29.5 Å². The second-order valence-corrected chi connectivity index (χ2v) is 7.64. The van der Waals surface area contributed by atoms with Crippen molar-refractivity contribution in [3.8, 4) is 16.9 Å². The number of aromatic nitrogens is 2. The third-order valence-corrected chi connectivity index (χ3v) is 5.53. The minimum atomic E-state index is -0.242. The molecule has 0 spiro atoms. The minimum Gasteiger partial charge on any atom is -0.493 e. The van der Waals surface area contributed by atoms with Crippen molar-refractivity contribution in [1.29, 1.82) is 0 Å². The maximum Gasteiger partial charge on any atom is 0.305 e. The van der Waals surface area contributed by atoms with Gasteiger partial charge < -0.3 is 9.47 Å². The molecule has 164 valence electrons. The number of fused-ring (bicyclic) bond motifs is 1. The van der Waals surface area contributed by atoms with Crippen molar-refractivity contribution in [2.24, 2.45) is 7.05 Å². The summed E-state index contributed by atoms with van der Waals surface area (Å²) in [7, 11) is 3.30. The molecule has 0 N–H and O–H groups in total. The Balaban J connectivity index is 1.61. The summed E-state index contributed by atoms with van der Waals surface area (Å²) in [4.78, 5) is 11.6. The van der Waals surface area contributed by atoms with Crippen LogP contribution in [0.1, 0.15) is 17.5 Å². The van der Waals surface area contributed by atoms with Crippen molar-refractivity contribution in [1.82, 2.24) is 9.78 Å². The lowest BCUT2D eigenvalue weighted by atomic mass is 9.99. The van der Waals surface area contributed by atoms with Gasteiger partial charge in [0.15, 0.2) is 0 Å². The molecule has 0 unspecified atom stereocenters. The van der Waals surface area contributed by atoms with Crippen LogP contribution in [0.2, 0.25) is 0 Å². The van der Waals surface area contributed by atoms with Gasteiger partial charge in [-0.1, -0.05) is 30.3 Å². The molecular formula is C26H25FN2O3. The van der Waals surface area contributed by atoms with E-state index in [1.54, 1.807) is 12.1 Å². The molecule has 1 aromatic heterocycles. The largest absolute Gasteiger partial charge is 0.493 e. The average molecular weight is 432 g/mol. The SMILES string of the molecule is COC(=O)CCc1ccc(OCCc2ccccc2F)c(-c2ccc3c(cnn3C)c2)c1. The first-order valence-electron chi connectivity index (χ1n) is 10.5. The van der Waals surface area contributed by atoms with E-state index in [2.05, 4.69) is 11.2 Å². The molecular weight excluding hydrogens is 407 g/mol. The van der Waals surface area contributed by atoms with Crippen LogP contribution in [0, 0.1) is 5.82 Å². The zero-order valence-corrected chi connectivity index (χ0v) is 18.2. The highest BCUT2D eigenvalue weighted by atomic mass is 19.1. The van der Waals surface area contributed by atoms with Crippen molar-refractivity contribution >= 4 is 16.9 Å². The Kier molecular flexibility index (Phi) is 6.50. The van der Waals surface area contributed by atoms with Crippen LogP contribution in [0.4, 0.5) is 4.39 Å². The van der Waals surface area contributed by atoms with E-state index in [1.165, 1.54) is 13.2 Å². The zero-order chi connectivity index (χ0) is 22.5. The minimum absolute atomic E-state index is 0.225. The normalized spacial score (nSPS) is 11.0. The monoisotopic (exact) mass is 432 g/mol. The molecule has 0 radical (unpaired) electrons. The van der Waals surface area contributed by atoms with Gasteiger partial charge in [-0.15, -0.1) is 0 Å². The van der Waals surface area contributed by atoms with Gasteiger partial charge in [0.25, 0.3) is 0 Å². The first kappa shape index (κ1) is 21.6. The number of esters is 1. The van der Waals surface area contributed by atoms with E-state index in [4.69, 9.17) is 9.47 Å². The molecule has 1 heterocycles. The quantitative estimate of drug-likeness (QED) is 0.363. The van der Waals surface area contributed by atoms with Crippen molar-refractivity contribution < 1.29 is 18.7 Å². The van der Waals surface area contributed by atoms with Crippen LogP contribution in [0.3, 0.4) is 0 Å². The average Bonchev–Trinajstić information content (AvgIpc) is 3.19. The number of methoxy groups -OCH3 is 1. The van der Waals surface area contributed by atoms with Gasteiger partial charge in [-0.2, -0.15) is 5.10 Å². The number of carbonyl (C=O) groups excluding carboxylic acids is 1. The molecule has 0 bridgehead atoms. The maximum atomic E-state index is 13.9. The molecule has 0 saturated carbocycles. The zero-order valence-electron chi connectivity index (χ0n) is 18.2. The van der Waals surface area contributed by atoms with E-state index in [9.17, 15) is 9.18 Å². The fraction of sp³-hybridized carbons (Fsp3) is 0.231. The van der Waals surface area contributed by atoms with E-state index in [-0.39, 0.29) is 11.8 Å². The molecule has 4 rings (SSSR count). The molecule has 0 atom stereocenters. The molecule has 0 aliphatic heterocycles. The predicted octanol–water partition coefficient (Wildman–Crippen LogP) is 5.11. The molecule has 6 heteroatoms. The molecule has 5 nitrogen and oxygen atoms in total. The smallest absolute Gasteiger partial charge is 0.305 e. The summed E-state index contributed by atoms with van der Waals surface area (Å²) >= 11 is 0. The van der Waals surface area contributed by atoms with E-state index >= 15 is 0 Å². The number of benzene rings is 3. The van der Waals surface area contributed by atoms with Gasteiger partial charge in [-0.05, 0) is 53.4 Å². The number of ether oxygens (including phenoxy) is 2. The van der Waals surface area contributed by atoms with Crippen molar-refractivity contribution in [2.75, 3.05) is 13.7 Å². The van der Waals surface area contributed by atoms with Gasteiger partial charge in [0.05, 0.1) is 25.4 Å². The van der Waals surface area contributed by atoms with E-state index in [1.807, 2.05) is 54.3 Å². The first-order chi connectivity index (χ1) is 15.5. The van der Waals surface area contributed by atoms with Gasteiger partial charge in [-0.3, -0.25) is 9.48 Å². The highest BCUT2D eigenvalue weighted by Gasteiger charge is 2.12. The number of rotatable bonds is 8. The molecule has 3 aromatic carbocycles. The van der Waals surface area contributed by atoms with Crippen molar-refractivity contribution in [3.63, 3.8) is 0 Å². The topological polar surface area (TPSA) is 53.4 Å². The van der Waals surface area contributed by atoms with Crippen LogP contribution in [0.5, 0.6) is 5.75 Å². The number of hydrogen-bond acceptors (Lipinski definition) is 4. The van der Waals surface area contributed by atoms with E-state index < -0.39 is 0 Å². The Morgan fingerprint density at radius 2 is 1.91 bits per heavy atom. The Bertz CT molecular complexity index is 1250. The van der Waals surface area contributed by atoms with Crippen LogP contribution >= 0.6 is 0 Å². The lowest BCUT2D eigenvalue weighted by molar-refractivity contribution is -0.140. The Hall–Kier alpha value is -3.67. The molecule has 0 aliphatic carbocycles. The summed E-state index contributed by atoms with van der Waals surface area (Å²) in [6, 6.07) is 18.8. The molecule has 0 fully saturated rings. The summed E-state index contributed by atoms with van der Waals surface area (Å²) in [5, 5.41) is 5.35. The second-order valence-electron chi connectivity index (χ2n) is 7.64. The lowest BCUT2D eigenvalue weighted by Gasteiger charge is -2.14. The van der Waals surface area contributed by atoms with Crippen LogP contribution in [0.15, 0.2) is 66.9 Å². The van der Waals surface area contributed by atoms with Crippen LogP contribution < -0.4 is 4.74 Å². The van der Waals surface area contributed by atoms with Crippen LogP contribution in [-0.2, 0) is 29.4 Å². The number of carbonyl (C=O) groups is 1. The highest BCUT2D eigenvalue weighted by molar-refractivity contribution is 5.86. The summed E-state index contributed by atoms with van der Waals surface area (Å²) in [6.07, 6.45) is 3.19. The predicted molar refractivity (Wildman–Crippen MR) is 122 cm³/mol. The summed E-state index contributed by atoms with van der Waals surface area (Å²) in [5.41, 5.74) is 4.59. The Labute approximate surface area is 186 Å². The second kappa shape index (κ2) is 9.64. The van der Waals surface area contributed by atoms with Crippen molar-refractivity contribution in [2.45, 2.75) is 19.3 Å². The number of hydrogen-bond donors (Lipinski definition) is 0. The van der Waals surface area contributed by atoms with Gasteiger partial charge in [0.2, 0.25) is 0 Å². The van der Waals surface area contributed by atoms with Gasteiger partial charge in [0.1, 0.15) is 11.6 Å². The third kappa shape index (κ3) is 4.80. The maximum absolute atomic E-state index is 13.9. The summed E-state index contributed by atoms with van der Waals surface area (Å²) in [6.45, 7) is 0.352. The molecule has 32 heavy (non-hydrogen) atoms.